The maximum Gasteiger partial charge on any atom is 0.243 e. The molecule has 1 aromatic carbocycles. The van der Waals surface area contributed by atoms with E-state index < -0.39 is 10.0 Å². The SMILES string of the molecule is O=S(=O)(NCC1CNCCCO1)c1cnc(-c2ccccc2)nc1. The topological polar surface area (TPSA) is 93.2 Å². The number of aromatic nitrogens is 2. The van der Waals surface area contributed by atoms with Gasteiger partial charge in [0.15, 0.2) is 5.82 Å². The van der Waals surface area contributed by atoms with Gasteiger partial charge in [-0.25, -0.2) is 23.1 Å². The van der Waals surface area contributed by atoms with Gasteiger partial charge in [0, 0.05) is 25.3 Å². The molecule has 0 spiro atoms. The van der Waals surface area contributed by atoms with Crippen LogP contribution in [0.25, 0.3) is 11.4 Å². The summed E-state index contributed by atoms with van der Waals surface area (Å²) in [4.78, 5) is 8.35. The number of ether oxygens (including phenoxy) is 1. The third-order valence-corrected chi connectivity index (χ3v) is 5.07. The van der Waals surface area contributed by atoms with Crippen LogP contribution in [-0.2, 0) is 14.8 Å². The molecule has 2 aromatic rings. The largest absolute Gasteiger partial charge is 0.375 e. The minimum Gasteiger partial charge on any atom is -0.375 e. The highest BCUT2D eigenvalue weighted by atomic mass is 32.2. The van der Waals surface area contributed by atoms with Crippen molar-refractivity contribution in [3.8, 4) is 11.4 Å². The molecular weight excluding hydrogens is 328 g/mol. The molecule has 1 aliphatic heterocycles. The normalized spacial score (nSPS) is 18.9. The van der Waals surface area contributed by atoms with Crippen molar-refractivity contribution in [2.45, 2.75) is 17.4 Å². The Morgan fingerprint density at radius 2 is 1.96 bits per heavy atom. The van der Waals surface area contributed by atoms with E-state index in [4.69, 9.17) is 4.74 Å². The summed E-state index contributed by atoms with van der Waals surface area (Å²) in [5.74, 6) is 0.492. The summed E-state index contributed by atoms with van der Waals surface area (Å²) in [6.45, 7) is 2.37. The van der Waals surface area contributed by atoms with Crippen LogP contribution in [0.1, 0.15) is 6.42 Å². The minimum absolute atomic E-state index is 0.0452. The van der Waals surface area contributed by atoms with Gasteiger partial charge in [-0.3, -0.25) is 0 Å². The van der Waals surface area contributed by atoms with Crippen molar-refractivity contribution in [3.05, 3.63) is 42.7 Å². The van der Waals surface area contributed by atoms with E-state index in [0.29, 0.717) is 19.0 Å². The molecule has 7 nitrogen and oxygen atoms in total. The van der Waals surface area contributed by atoms with Crippen molar-refractivity contribution in [2.75, 3.05) is 26.2 Å². The van der Waals surface area contributed by atoms with Crippen molar-refractivity contribution >= 4 is 10.0 Å². The van der Waals surface area contributed by atoms with Crippen molar-refractivity contribution in [3.63, 3.8) is 0 Å². The van der Waals surface area contributed by atoms with Crippen molar-refractivity contribution in [1.82, 2.24) is 20.0 Å². The first-order valence-corrected chi connectivity index (χ1v) is 9.33. The van der Waals surface area contributed by atoms with E-state index in [1.807, 2.05) is 30.3 Å². The van der Waals surface area contributed by atoms with E-state index in [0.717, 1.165) is 18.5 Å². The van der Waals surface area contributed by atoms with E-state index in [9.17, 15) is 8.42 Å². The van der Waals surface area contributed by atoms with Crippen LogP contribution >= 0.6 is 0 Å². The molecule has 0 radical (unpaired) electrons. The number of hydrogen-bond donors (Lipinski definition) is 2. The van der Waals surface area contributed by atoms with Gasteiger partial charge in [0.2, 0.25) is 10.0 Å². The third-order valence-electron chi connectivity index (χ3n) is 3.69. The van der Waals surface area contributed by atoms with Crippen LogP contribution in [0.2, 0.25) is 0 Å². The first kappa shape index (κ1) is 17.0. The second kappa shape index (κ2) is 7.80. The zero-order valence-corrected chi connectivity index (χ0v) is 14.0. The van der Waals surface area contributed by atoms with Gasteiger partial charge in [0.1, 0.15) is 4.90 Å². The molecule has 2 N–H and O–H groups in total. The Kier molecular flexibility index (Phi) is 5.52. The fraction of sp³-hybridized carbons (Fsp3) is 0.375. The maximum atomic E-state index is 12.3. The molecule has 0 saturated carbocycles. The molecule has 128 valence electrons. The lowest BCUT2D eigenvalue weighted by molar-refractivity contribution is 0.0707. The van der Waals surface area contributed by atoms with Gasteiger partial charge < -0.3 is 10.1 Å². The number of sulfonamides is 1. The van der Waals surface area contributed by atoms with E-state index in [1.165, 1.54) is 12.4 Å². The van der Waals surface area contributed by atoms with Gasteiger partial charge >= 0.3 is 0 Å². The molecule has 1 aromatic heterocycles. The highest BCUT2D eigenvalue weighted by Gasteiger charge is 2.19. The van der Waals surface area contributed by atoms with Gasteiger partial charge in [-0.2, -0.15) is 0 Å². The van der Waals surface area contributed by atoms with Gasteiger partial charge in [-0.15, -0.1) is 0 Å². The minimum atomic E-state index is -3.65. The molecule has 1 unspecified atom stereocenters. The van der Waals surface area contributed by atoms with E-state index in [1.54, 1.807) is 0 Å². The zero-order valence-electron chi connectivity index (χ0n) is 13.2. The van der Waals surface area contributed by atoms with Crippen LogP contribution in [0, 0.1) is 0 Å². The smallest absolute Gasteiger partial charge is 0.243 e. The van der Waals surface area contributed by atoms with Gasteiger partial charge in [-0.1, -0.05) is 30.3 Å². The lowest BCUT2D eigenvalue weighted by Gasteiger charge is -2.15. The Morgan fingerprint density at radius 3 is 2.71 bits per heavy atom. The molecule has 24 heavy (non-hydrogen) atoms. The quantitative estimate of drug-likeness (QED) is 0.830. The molecule has 1 fully saturated rings. The van der Waals surface area contributed by atoms with Crippen molar-refractivity contribution in [1.29, 1.82) is 0 Å². The highest BCUT2D eigenvalue weighted by Crippen LogP contribution is 2.15. The first-order chi connectivity index (χ1) is 11.6. The Balaban J connectivity index is 1.66. The summed E-state index contributed by atoms with van der Waals surface area (Å²) in [7, 11) is -3.65. The average molecular weight is 348 g/mol. The van der Waals surface area contributed by atoms with Crippen molar-refractivity contribution in [2.24, 2.45) is 0 Å². The molecule has 8 heteroatoms. The Morgan fingerprint density at radius 1 is 1.21 bits per heavy atom. The lowest BCUT2D eigenvalue weighted by Crippen LogP contribution is -2.38. The van der Waals surface area contributed by atoms with Gasteiger partial charge in [0.25, 0.3) is 0 Å². The molecule has 0 amide bonds. The van der Waals surface area contributed by atoms with Gasteiger partial charge in [-0.05, 0) is 13.0 Å². The van der Waals surface area contributed by atoms with E-state index in [2.05, 4.69) is 20.0 Å². The fourth-order valence-electron chi connectivity index (χ4n) is 2.38. The molecule has 1 saturated heterocycles. The second-order valence-electron chi connectivity index (χ2n) is 5.51. The predicted molar refractivity (Wildman–Crippen MR) is 89.9 cm³/mol. The zero-order chi connectivity index (χ0) is 16.8. The number of nitrogens with zero attached hydrogens (tertiary/aromatic N) is 2. The lowest BCUT2D eigenvalue weighted by atomic mass is 10.2. The van der Waals surface area contributed by atoms with Crippen LogP contribution in [0.4, 0.5) is 0 Å². The van der Waals surface area contributed by atoms with E-state index in [-0.39, 0.29) is 17.5 Å². The number of benzene rings is 1. The summed E-state index contributed by atoms with van der Waals surface area (Å²) in [6.07, 6.45) is 3.40. The predicted octanol–water partition coefficient (Wildman–Crippen LogP) is 0.800. The Bertz CT molecular complexity index is 743. The second-order valence-corrected chi connectivity index (χ2v) is 7.28. The number of nitrogens with one attached hydrogen (secondary N) is 2. The molecular formula is C16H20N4O3S. The van der Waals surface area contributed by atoms with Crippen LogP contribution in [0.3, 0.4) is 0 Å². The maximum absolute atomic E-state index is 12.3. The molecule has 1 aliphatic rings. The number of rotatable bonds is 5. The molecule has 0 aliphatic carbocycles. The van der Waals surface area contributed by atoms with Crippen LogP contribution in [-0.4, -0.2) is 50.7 Å². The summed E-state index contributed by atoms with van der Waals surface area (Å²) in [5.41, 5.74) is 0.840. The first-order valence-electron chi connectivity index (χ1n) is 7.84. The third kappa shape index (κ3) is 4.35. The van der Waals surface area contributed by atoms with Crippen molar-refractivity contribution < 1.29 is 13.2 Å². The fourth-order valence-corrected chi connectivity index (χ4v) is 3.33. The highest BCUT2D eigenvalue weighted by molar-refractivity contribution is 7.89. The number of hydrogen-bond acceptors (Lipinski definition) is 6. The molecule has 3 rings (SSSR count). The Hall–Kier alpha value is -1.87. The molecule has 2 heterocycles. The van der Waals surface area contributed by atoms with Crippen LogP contribution in [0.5, 0.6) is 0 Å². The summed E-state index contributed by atoms with van der Waals surface area (Å²) < 4.78 is 32.8. The van der Waals surface area contributed by atoms with Crippen LogP contribution < -0.4 is 10.0 Å². The summed E-state index contributed by atoms with van der Waals surface area (Å²) in [6, 6.07) is 9.41. The Labute approximate surface area is 141 Å². The summed E-state index contributed by atoms with van der Waals surface area (Å²) in [5, 5.41) is 3.21. The molecule has 1 atom stereocenters. The van der Waals surface area contributed by atoms with Gasteiger partial charge in [0.05, 0.1) is 18.5 Å². The molecule has 0 bridgehead atoms. The van der Waals surface area contributed by atoms with E-state index >= 15 is 0 Å². The van der Waals surface area contributed by atoms with Crippen LogP contribution in [0.15, 0.2) is 47.6 Å². The average Bonchev–Trinajstić information content (AvgIpc) is 2.90. The monoisotopic (exact) mass is 348 g/mol. The standard InChI is InChI=1S/C16H20N4O3S/c21-24(22,20-10-14-9-17-7-4-8-23-14)15-11-18-16(19-12-15)13-5-2-1-3-6-13/h1-3,5-6,11-12,14,17,20H,4,7-10H2. The summed E-state index contributed by atoms with van der Waals surface area (Å²) >= 11 is 0.